The molecule has 2 aromatic carbocycles. The van der Waals surface area contributed by atoms with Gasteiger partial charge >= 0.3 is 0 Å². The van der Waals surface area contributed by atoms with Crippen LogP contribution in [-0.2, 0) is 0 Å². The minimum absolute atomic E-state index is 0.246. The molecule has 0 bridgehead atoms. The number of phenols is 1. The molecule has 4 nitrogen and oxygen atoms in total. The number of nitrogens with zero attached hydrogens (tertiary/aromatic N) is 2. The van der Waals surface area contributed by atoms with Gasteiger partial charge in [0.25, 0.3) is 0 Å². The third-order valence-electron chi connectivity index (χ3n) is 4.70. The fraction of sp³-hybridized carbons (Fsp3) is 0.364. The van der Waals surface area contributed by atoms with Gasteiger partial charge in [0, 0.05) is 29.8 Å². The van der Waals surface area contributed by atoms with Crippen LogP contribution in [0.3, 0.4) is 0 Å². The monoisotopic (exact) mass is 349 g/mol. The van der Waals surface area contributed by atoms with Gasteiger partial charge in [0.15, 0.2) is 0 Å². The predicted octanol–water partition coefficient (Wildman–Crippen LogP) is 5.69. The van der Waals surface area contributed by atoms with E-state index in [0.717, 1.165) is 40.6 Å². The number of aromatic hydroxyl groups is 1. The molecular weight excluding hydrogens is 322 g/mol. The van der Waals surface area contributed by atoms with E-state index in [1.165, 1.54) is 25.7 Å². The summed E-state index contributed by atoms with van der Waals surface area (Å²) in [6.07, 6.45) is 8.02. The van der Waals surface area contributed by atoms with E-state index in [4.69, 9.17) is 0 Å². The molecule has 0 aliphatic rings. The molecule has 1 aromatic heterocycles. The molecule has 3 aromatic rings. The van der Waals surface area contributed by atoms with Gasteiger partial charge in [-0.25, -0.2) is 9.97 Å². The number of benzene rings is 2. The van der Waals surface area contributed by atoms with Crippen molar-refractivity contribution in [2.75, 3.05) is 11.9 Å². The first-order chi connectivity index (χ1) is 12.7. The Kier molecular flexibility index (Phi) is 6.05. The zero-order chi connectivity index (χ0) is 18.4. The summed E-state index contributed by atoms with van der Waals surface area (Å²) < 4.78 is 0. The number of phenolic OH excluding ortho intramolecular Hbond substituents is 1. The van der Waals surface area contributed by atoms with Crippen molar-refractivity contribution in [2.45, 2.75) is 46.0 Å². The summed E-state index contributed by atoms with van der Waals surface area (Å²) >= 11 is 0. The lowest BCUT2D eigenvalue weighted by atomic mass is 9.98. The smallest absolute Gasteiger partial charge is 0.223 e. The maximum atomic E-state index is 10.5. The highest BCUT2D eigenvalue weighted by Crippen LogP contribution is 2.34. The minimum Gasteiger partial charge on any atom is -0.507 e. The maximum absolute atomic E-state index is 10.5. The topological polar surface area (TPSA) is 58.0 Å². The lowest BCUT2D eigenvalue weighted by molar-refractivity contribution is 0.478. The normalized spacial score (nSPS) is 11.0. The van der Waals surface area contributed by atoms with Crippen molar-refractivity contribution in [3.63, 3.8) is 0 Å². The number of anilines is 1. The lowest BCUT2D eigenvalue weighted by Crippen LogP contribution is -2.05. The van der Waals surface area contributed by atoms with Gasteiger partial charge in [-0.3, -0.25) is 0 Å². The van der Waals surface area contributed by atoms with Gasteiger partial charge in [-0.15, -0.1) is 0 Å². The van der Waals surface area contributed by atoms with E-state index in [9.17, 15) is 5.11 Å². The van der Waals surface area contributed by atoms with E-state index in [-0.39, 0.29) is 5.75 Å². The molecule has 1 heterocycles. The van der Waals surface area contributed by atoms with Crippen LogP contribution in [0.2, 0.25) is 0 Å². The Hall–Kier alpha value is -2.62. The third kappa shape index (κ3) is 4.31. The van der Waals surface area contributed by atoms with Crippen molar-refractivity contribution in [1.82, 2.24) is 9.97 Å². The molecule has 0 saturated carbocycles. The average Bonchev–Trinajstić information content (AvgIpc) is 2.64. The summed E-state index contributed by atoms with van der Waals surface area (Å²) in [7, 11) is 0. The Morgan fingerprint density at radius 1 is 1.00 bits per heavy atom. The summed E-state index contributed by atoms with van der Waals surface area (Å²) in [5.74, 6) is 0.868. The second-order valence-corrected chi connectivity index (χ2v) is 6.78. The number of hydrogen-bond donors (Lipinski definition) is 2. The second kappa shape index (κ2) is 8.65. The van der Waals surface area contributed by atoms with Gasteiger partial charge in [-0.2, -0.15) is 0 Å². The molecule has 0 fully saturated rings. The number of aromatic nitrogens is 2. The zero-order valence-electron chi connectivity index (χ0n) is 15.6. The van der Waals surface area contributed by atoms with E-state index in [2.05, 4.69) is 22.2 Å². The quantitative estimate of drug-likeness (QED) is 0.513. The molecule has 0 amide bonds. The van der Waals surface area contributed by atoms with Crippen molar-refractivity contribution >= 4 is 16.9 Å². The zero-order valence-corrected chi connectivity index (χ0v) is 15.6. The fourth-order valence-electron chi connectivity index (χ4n) is 3.17. The number of hydrogen-bond acceptors (Lipinski definition) is 4. The third-order valence-corrected chi connectivity index (χ3v) is 4.70. The van der Waals surface area contributed by atoms with Crippen LogP contribution in [0.15, 0.2) is 42.6 Å². The average molecular weight is 349 g/mol. The molecule has 136 valence electrons. The molecule has 4 heteroatoms. The Morgan fingerprint density at radius 3 is 2.62 bits per heavy atom. The van der Waals surface area contributed by atoms with Crippen molar-refractivity contribution in [3.8, 4) is 16.9 Å². The number of aryl methyl sites for hydroxylation is 1. The van der Waals surface area contributed by atoms with Crippen LogP contribution in [0.25, 0.3) is 22.0 Å². The molecular formula is C22H27N3O. The summed E-state index contributed by atoms with van der Waals surface area (Å²) in [5, 5.41) is 14.7. The van der Waals surface area contributed by atoms with Gasteiger partial charge in [0.2, 0.25) is 5.95 Å². The van der Waals surface area contributed by atoms with Crippen LogP contribution in [0.1, 0.15) is 44.6 Å². The molecule has 0 unspecified atom stereocenters. The van der Waals surface area contributed by atoms with E-state index >= 15 is 0 Å². The van der Waals surface area contributed by atoms with Crippen LogP contribution >= 0.6 is 0 Å². The number of fused-ring (bicyclic) bond motifs is 1. The molecule has 0 saturated heterocycles. The van der Waals surface area contributed by atoms with Gasteiger partial charge in [0.1, 0.15) is 5.75 Å². The SMILES string of the molecule is CCCCCCCNc1ncc2cc(-c3ccccc3C)c(O)cc2n1. The first-order valence-electron chi connectivity index (χ1n) is 9.48. The Balaban J connectivity index is 1.75. The van der Waals surface area contributed by atoms with Crippen LogP contribution in [0.5, 0.6) is 5.75 Å². The highest BCUT2D eigenvalue weighted by atomic mass is 16.3. The van der Waals surface area contributed by atoms with Gasteiger partial charge in [-0.05, 0) is 30.5 Å². The van der Waals surface area contributed by atoms with Crippen molar-refractivity contribution in [3.05, 3.63) is 48.2 Å². The number of rotatable bonds is 8. The molecule has 0 radical (unpaired) electrons. The largest absolute Gasteiger partial charge is 0.507 e. The van der Waals surface area contributed by atoms with E-state index in [1.54, 1.807) is 6.07 Å². The molecule has 26 heavy (non-hydrogen) atoms. The van der Waals surface area contributed by atoms with Gasteiger partial charge in [-0.1, -0.05) is 56.9 Å². The van der Waals surface area contributed by atoms with Crippen molar-refractivity contribution in [1.29, 1.82) is 0 Å². The summed E-state index contributed by atoms with van der Waals surface area (Å²) in [6.45, 7) is 5.15. The van der Waals surface area contributed by atoms with Crippen LogP contribution < -0.4 is 5.32 Å². The standard InChI is InChI=1S/C22H27N3O/c1-3-4-5-6-9-12-23-22-24-15-17-13-19(21(26)14-20(17)25-22)18-11-8-7-10-16(18)2/h7-8,10-11,13-15,26H,3-6,9,12H2,1-2H3,(H,23,24,25). The molecule has 0 atom stereocenters. The van der Waals surface area contributed by atoms with E-state index in [1.807, 2.05) is 43.5 Å². The van der Waals surface area contributed by atoms with Crippen molar-refractivity contribution in [2.24, 2.45) is 0 Å². The lowest BCUT2D eigenvalue weighted by Gasteiger charge is -2.10. The van der Waals surface area contributed by atoms with Crippen LogP contribution in [-0.4, -0.2) is 21.6 Å². The first kappa shape index (κ1) is 18.2. The van der Waals surface area contributed by atoms with Crippen LogP contribution in [0.4, 0.5) is 5.95 Å². The van der Waals surface area contributed by atoms with Gasteiger partial charge < -0.3 is 10.4 Å². The highest BCUT2D eigenvalue weighted by Gasteiger charge is 2.10. The molecule has 3 rings (SSSR count). The predicted molar refractivity (Wildman–Crippen MR) is 109 cm³/mol. The second-order valence-electron chi connectivity index (χ2n) is 6.78. The Bertz CT molecular complexity index is 876. The number of unbranched alkanes of at least 4 members (excludes halogenated alkanes) is 4. The minimum atomic E-state index is 0.246. The first-order valence-corrected chi connectivity index (χ1v) is 9.48. The van der Waals surface area contributed by atoms with E-state index in [0.29, 0.717) is 5.95 Å². The fourth-order valence-corrected chi connectivity index (χ4v) is 3.17. The van der Waals surface area contributed by atoms with Crippen LogP contribution in [0, 0.1) is 6.92 Å². The van der Waals surface area contributed by atoms with E-state index < -0.39 is 0 Å². The highest BCUT2D eigenvalue weighted by molar-refractivity contribution is 5.88. The molecule has 2 N–H and O–H groups in total. The summed E-state index contributed by atoms with van der Waals surface area (Å²) in [4.78, 5) is 8.97. The number of nitrogens with one attached hydrogen (secondary N) is 1. The Morgan fingerprint density at radius 2 is 1.81 bits per heavy atom. The Labute approximate surface area is 155 Å². The molecule has 0 aliphatic carbocycles. The maximum Gasteiger partial charge on any atom is 0.223 e. The summed E-state index contributed by atoms with van der Waals surface area (Å²) in [6, 6.07) is 11.7. The molecule has 0 aliphatic heterocycles. The molecule has 0 spiro atoms. The van der Waals surface area contributed by atoms with Gasteiger partial charge in [0.05, 0.1) is 5.52 Å². The summed E-state index contributed by atoms with van der Waals surface area (Å²) in [5.41, 5.74) is 3.73. The van der Waals surface area contributed by atoms with Crippen molar-refractivity contribution < 1.29 is 5.11 Å².